The van der Waals surface area contributed by atoms with E-state index in [9.17, 15) is 4.79 Å². The standard InChI is InChI=1S/C16H19NO3/c1-3-20-16(18)10-14(17)12-8-9-15(19-2)13-7-5-4-6-11(12)13/h4-9,14H,3,10,17H2,1-2H3/p+1/t14-/m0/s1. The van der Waals surface area contributed by atoms with Gasteiger partial charge in [0, 0.05) is 10.9 Å². The number of hydrogen-bond acceptors (Lipinski definition) is 3. The molecular formula is C16H20NO3+. The minimum absolute atomic E-state index is 0.134. The van der Waals surface area contributed by atoms with E-state index in [0.29, 0.717) is 6.61 Å². The molecule has 2 aromatic rings. The van der Waals surface area contributed by atoms with Crippen LogP contribution in [-0.2, 0) is 9.53 Å². The van der Waals surface area contributed by atoms with E-state index < -0.39 is 0 Å². The van der Waals surface area contributed by atoms with Gasteiger partial charge in [0.1, 0.15) is 18.2 Å². The highest BCUT2D eigenvalue weighted by atomic mass is 16.5. The van der Waals surface area contributed by atoms with Crippen molar-refractivity contribution in [3.05, 3.63) is 42.0 Å². The van der Waals surface area contributed by atoms with Crippen molar-refractivity contribution in [1.29, 1.82) is 0 Å². The number of methoxy groups -OCH3 is 1. The zero-order chi connectivity index (χ0) is 14.5. The SMILES string of the molecule is CCOC(=O)C[C@H]([NH3+])c1ccc(OC)c2ccccc12. The Morgan fingerprint density at radius 2 is 1.90 bits per heavy atom. The molecule has 0 heterocycles. The van der Waals surface area contributed by atoms with E-state index in [0.717, 1.165) is 22.1 Å². The second kappa shape index (κ2) is 6.39. The Kier molecular flexibility index (Phi) is 4.58. The fraction of sp³-hybridized carbons (Fsp3) is 0.312. The molecule has 0 amide bonds. The quantitative estimate of drug-likeness (QED) is 0.849. The highest BCUT2D eigenvalue weighted by molar-refractivity contribution is 5.91. The summed E-state index contributed by atoms with van der Waals surface area (Å²) >= 11 is 0. The highest BCUT2D eigenvalue weighted by Crippen LogP contribution is 2.31. The van der Waals surface area contributed by atoms with Crippen LogP contribution in [0.3, 0.4) is 0 Å². The first kappa shape index (κ1) is 14.3. The number of esters is 1. The summed E-state index contributed by atoms with van der Waals surface area (Å²) in [7, 11) is 1.65. The molecule has 2 aromatic carbocycles. The Labute approximate surface area is 118 Å². The number of quaternary nitrogens is 1. The first-order valence-electron chi connectivity index (χ1n) is 6.71. The lowest BCUT2D eigenvalue weighted by molar-refractivity contribution is -0.425. The summed E-state index contributed by atoms with van der Waals surface area (Å²) in [6.45, 7) is 2.20. The molecule has 4 nitrogen and oxygen atoms in total. The van der Waals surface area contributed by atoms with Crippen molar-refractivity contribution in [2.75, 3.05) is 13.7 Å². The number of ether oxygens (including phenoxy) is 2. The zero-order valence-corrected chi connectivity index (χ0v) is 11.9. The van der Waals surface area contributed by atoms with E-state index >= 15 is 0 Å². The molecule has 0 aliphatic heterocycles. The lowest BCUT2D eigenvalue weighted by Gasteiger charge is -2.13. The highest BCUT2D eigenvalue weighted by Gasteiger charge is 2.19. The molecule has 20 heavy (non-hydrogen) atoms. The third kappa shape index (κ3) is 2.91. The molecule has 0 aromatic heterocycles. The molecule has 0 unspecified atom stereocenters. The van der Waals surface area contributed by atoms with E-state index in [2.05, 4.69) is 5.73 Å². The molecule has 0 saturated carbocycles. The van der Waals surface area contributed by atoms with Crippen molar-refractivity contribution < 1.29 is 20.0 Å². The van der Waals surface area contributed by atoms with Crippen LogP contribution in [0.25, 0.3) is 10.8 Å². The fourth-order valence-electron chi connectivity index (χ4n) is 2.36. The number of fused-ring (bicyclic) bond motifs is 1. The van der Waals surface area contributed by atoms with Gasteiger partial charge in [-0.2, -0.15) is 0 Å². The summed E-state index contributed by atoms with van der Waals surface area (Å²) in [6.07, 6.45) is 0.282. The van der Waals surface area contributed by atoms with Crippen LogP contribution in [0.2, 0.25) is 0 Å². The first-order valence-corrected chi connectivity index (χ1v) is 6.71. The summed E-state index contributed by atoms with van der Waals surface area (Å²) in [6, 6.07) is 11.7. The molecule has 0 bridgehead atoms. The lowest BCUT2D eigenvalue weighted by Crippen LogP contribution is -2.54. The summed E-state index contributed by atoms with van der Waals surface area (Å²) in [5.41, 5.74) is 5.13. The topological polar surface area (TPSA) is 63.2 Å². The largest absolute Gasteiger partial charge is 0.496 e. The molecule has 4 heteroatoms. The maximum Gasteiger partial charge on any atom is 0.312 e. The van der Waals surface area contributed by atoms with Gasteiger partial charge < -0.3 is 15.2 Å². The lowest BCUT2D eigenvalue weighted by atomic mass is 9.97. The minimum Gasteiger partial charge on any atom is -0.496 e. The second-order valence-electron chi connectivity index (χ2n) is 4.61. The van der Waals surface area contributed by atoms with Gasteiger partial charge in [0.05, 0.1) is 13.7 Å². The van der Waals surface area contributed by atoms with E-state index in [1.807, 2.05) is 36.4 Å². The Balaban J connectivity index is 2.37. The van der Waals surface area contributed by atoms with E-state index in [1.165, 1.54) is 0 Å². The van der Waals surface area contributed by atoms with Crippen LogP contribution in [0, 0.1) is 0 Å². The molecule has 0 spiro atoms. The van der Waals surface area contributed by atoms with Gasteiger partial charge in [0.15, 0.2) is 0 Å². The Hall–Kier alpha value is -2.07. The van der Waals surface area contributed by atoms with Crippen molar-refractivity contribution in [2.24, 2.45) is 0 Å². The van der Waals surface area contributed by atoms with Crippen LogP contribution in [0.15, 0.2) is 36.4 Å². The van der Waals surface area contributed by atoms with Gasteiger partial charge in [0.2, 0.25) is 0 Å². The molecule has 106 valence electrons. The Morgan fingerprint density at radius 1 is 1.20 bits per heavy atom. The van der Waals surface area contributed by atoms with Gasteiger partial charge in [-0.25, -0.2) is 0 Å². The van der Waals surface area contributed by atoms with E-state index in [1.54, 1.807) is 14.0 Å². The molecule has 3 N–H and O–H groups in total. The van der Waals surface area contributed by atoms with Gasteiger partial charge in [-0.15, -0.1) is 0 Å². The molecule has 1 atom stereocenters. The Morgan fingerprint density at radius 3 is 2.55 bits per heavy atom. The van der Waals surface area contributed by atoms with Gasteiger partial charge in [-0.05, 0) is 24.4 Å². The zero-order valence-electron chi connectivity index (χ0n) is 11.9. The molecule has 0 radical (unpaired) electrons. The second-order valence-corrected chi connectivity index (χ2v) is 4.61. The summed E-state index contributed by atoms with van der Waals surface area (Å²) in [4.78, 5) is 11.6. The van der Waals surface area contributed by atoms with Gasteiger partial charge in [0.25, 0.3) is 0 Å². The number of hydrogen-bond donors (Lipinski definition) is 1. The van der Waals surface area contributed by atoms with Crippen LogP contribution < -0.4 is 10.5 Å². The molecule has 0 fully saturated rings. The van der Waals surface area contributed by atoms with Crippen LogP contribution in [0.5, 0.6) is 5.75 Å². The monoisotopic (exact) mass is 274 g/mol. The van der Waals surface area contributed by atoms with Crippen molar-refractivity contribution in [1.82, 2.24) is 0 Å². The summed E-state index contributed by atoms with van der Waals surface area (Å²) in [5.74, 6) is 0.611. The molecular weight excluding hydrogens is 254 g/mol. The third-order valence-electron chi connectivity index (χ3n) is 3.30. The van der Waals surface area contributed by atoms with Crippen LogP contribution in [0.1, 0.15) is 24.9 Å². The average Bonchev–Trinajstić information content (AvgIpc) is 2.46. The predicted octanol–water partition coefficient (Wildman–Crippen LogP) is 2.08. The van der Waals surface area contributed by atoms with Gasteiger partial charge in [-0.3, -0.25) is 4.79 Å². The number of carbonyl (C=O) groups excluding carboxylic acids is 1. The van der Waals surface area contributed by atoms with Gasteiger partial charge in [-0.1, -0.05) is 24.3 Å². The van der Waals surface area contributed by atoms with Crippen LogP contribution >= 0.6 is 0 Å². The van der Waals surface area contributed by atoms with E-state index in [4.69, 9.17) is 9.47 Å². The van der Waals surface area contributed by atoms with Crippen LogP contribution in [-0.4, -0.2) is 19.7 Å². The third-order valence-corrected chi connectivity index (χ3v) is 3.30. The maximum absolute atomic E-state index is 11.6. The molecule has 0 aliphatic carbocycles. The number of carbonyl (C=O) groups is 1. The normalized spacial score (nSPS) is 12.2. The summed E-state index contributed by atoms with van der Waals surface area (Å²) < 4.78 is 10.4. The predicted molar refractivity (Wildman–Crippen MR) is 77.4 cm³/mol. The minimum atomic E-state index is -0.215. The van der Waals surface area contributed by atoms with Crippen molar-refractivity contribution in [3.8, 4) is 5.75 Å². The Bertz CT molecular complexity index is 610. The fourth-order valence-corrected chi connectivity index (χ4v) is 2.36. The van der Waals surface area contributed by atoms with Crippen molar-refractivity contribution in [2.45, 2.75) is 19.4 Å². The first-order chi connectivity index (χ1) is 9.67. The molecule has 2 rings (SSSR count). The molecule has 0 aliphatic rings. The summed E-state index contributed by atoms with van der Waals surface area (Å²) in [5, 5.41) is 2.10. The molecule has 0 saturated heterocycles. The number of benzene rings is 2. The van der Waals surface area contributed by atoms with Crippen molar-refractivity contribution >= 4 is 16.7 Å². The van der Waals surface area contributed by atoms with E-state index in [-0.39, 0.29) is 18.4 Å². The average molecular weight is 274 g/mol. The van der Waals surface area contributed by atoms with Crippen LogP contribution in [0.4, 0.5) is 0 Å². The number of rotatable bonds is 5. The van der Waals surface area contributed by atoms with Gasteiger partial charge >= 0.3 is 5.97 Å². The smallest absolute Gasteiger partial charge is 0.312 e. The van der Waals surface area contributed by atoms with Crippen molar-refractivity contribution in [3.63, 3.8) is 0 Å². The maximum atomic E-state index is 11.6.